The Hall–Kier alpha value is -3.68. The van der Waals surface area contributed by atoms with Gasteiger partial charge in [0.25, 0.3) is 5.91 Å². The van der Waals surface area contributed by atoms with Crippen LogP contribution in [-0.2, 0) is 0 Å². The van der Waals surface area contributed by atoms with Gasteiger partial charge in [0.2, 0.25) is 5.95 Å². The van der Waals surface area contributed by atoms with Crippen LogP contribution in [0.2, 0.25) is 0 Å². The summed E-state index contributed by atoms with van der Waals surface area (Å²) in [6.07, 6.45) is 8.21. The number of imidazole rings is 1. The Morgan fingerprint density at radius 2 is 2.00 bits per heavy atom. The van der Waals surface area contributed by atoms with Crippen LogP contribution in [0.15, 0.2) is 48.8 Å². The standard InChI is InChI=1S/C23H23N7O/c31-22(29-9-1-2-10-29)17-5-3-4-16(12-17)18-14-21-24-8-11-30(21)23(25-18)26-20-13-19(27-28-20)15-6-7-15/h3-5,8,11-15H,1-2,6-7,9-10H2,(H2,25,26,27,28). The molecule has 2 N–H and O–H groups in total. The van der Waals surface area contributed by atoms with E-state index in [0.717, 1.165) is 54.3 Å². The Morgan fingerprint density at radius 3 is 2.84 bits per heavy atom. The number of hydrogen-bond donors (Lipinski definition) is 2. The van der Waals surface area contributed by atoms with E-state index in [4.69, 9.17) is 4.98 Å². The van der Waals surface area contributed by atoms with Gasteiger partial charge in [-0.1, -0.05) is 12.1 Å². The molecular formula is C23H23N7O. The third-order valence-corrected chi connectivity index (χ3v) is 6.04. The number of aromatic amines is 1. The number of anilines is 2. The molecule has 0 radical (unpaired) electrons. The third-order valence-electron chi connectivity index (χ3n) is 6.04. The second kappa shape index (κ2) is 7.23. The van der Waals surface area contributed by atoms with E-state index in [2.05, 4.69) is 20.5 Å². The van der Waals surface area contributed by atoms with Crippen molar-refractivity contribution >= 4 is 23.3 Å². The summed E-state index contributed by atoms with van der Waals surface area (Å²) in [6.45, 7) is 1.67. The Balaban J connectivity index is 1.35. The lowest BCUT2D eigenvalue weighted by Gasteiger charge is -2.16. The first-order valence-electron chi connectivity index (χ1n) is 10.8. The highest BCUT2D eigenvalue weighted by Crippen LogP contribution is 2.39. The molecule has 4 aromatic rings. The summed E-state index contributed by atoms with van der Waals surface area (Å²) < 4.78 is 1.90. The lowest BCUT2D eigenvalue weighted by Crippen LogP contribution is -2.27. The van der Waals surface area contributed by atoms with E-state index >= 15 is 0 Å². The van der Waals surface area contributed by atoms with Gasteiger partial charge in [-0.2, -0.15) is 5.10 Å². The number of carbonyl (C=O) groups excluding carboxylic acids is 1. The zero-order valence-electron chi connectivity index (χ0n) is 17.1. The number of carbonyl (C=O) groups is 1. The summed E-state index contributed by atoms with van der Waals surface area (Å²) in [4.78, 5) is 24.1. The Morgan fingerprint density at radius 1 is 1.13 bits per heavy atom. The van der Waals surface area contributed by atoms with Gasteiger partial charge in [-0.05, 0) is 37.8 Å². The fraction of sp³-hybridized carbons (Fsp3) is 0.304. The van der Waals surface area contributed by atoms with Gasteiger partial charge in [0.15, 0.2) is 5.82 Å². The second-order valence-electron chi connectivity index (χ2n) is 8.31. The summed E-state index contributed by atoms with van der Waals surface area (Å²) in [7, 11) is 0. The average molecular weight is 413 g/mol. The summed E-state index contributed by atoms with van der Waals surface area (Å²) in [5.41, 5.74) is 4.28. The number of nitrogens with zero attached hydrogens (tertiary/aromatic N) is 5. The number of fused-ring (bicyclic) bond motifs is 1. The van der Waals surface area contributed by atoms with Crippen molar-refractivity contribution in [3.8, 4) is 11.3 Å². The Labute approximate surface area is 179 Å². The first kappa shape index (κ1) is 18.1. The van der Waals surface area contributed by atoms with Gasteiger partial charge in [-0.15, -0.1) is 0 Å². The molecule has 0 spiro atoms. The molecule has 1 saturated heterocycles. The van der Waals surface area contributed by atoms with Crippen LogP contribution in [0.1, 0.15) is 47.7 Å². The SMILES string of the molecule is O=C(c1cccc(-c2cc3nccn3c(Nc3cc(C4CC4)[nH]n3)n2)c1)N1CCCC1. The number of aromatic nitrogens is 5. The molecule has 0 unspecified atom stereocenters. The van der Waals surface area contributed by atoms with Crippen molar-refractivity contribution in [1.29, 1.82) is 0 Å². The van der Waals surface area contributed by atoms with Gasteiger partial charge in [-0.25, -0.2) is 9.97 Å². The highest BCUT2D eigenvalue weighted by atomic mass is 16.2. The van der Waals surface area contributed by atoms with Gasteiger partial charge in [0, 0.05) is 60.4 Å². The van der Waals surface area contributed by atoms with Crippen LogP contribution in [0, 0.1) is 0 Å². The first-order chi connectivity index (χ1) is 15.2. The normalized spacial score (nSPS) is 16.2. The molecule has 8 heteroatoms. The molecule has 1 aliphatic heterocycles. The smallest absolute Gasteiger partial charge is 0.253 e. The Bertz CT molecular complexity index is 1260. The van der Waals surface area contributed by atoms with Gasteiger partial charge in [0.1, 0.15) is 5.65 Å². The summed E-state index contributed by atoms with van der Waals surface area (Å²) in [5.74, 6) is 2.06. The largest absolute Gasteiger partial charge is 0.339 e. The summed E-state index contributed by atoms with van der Waals surface area (Å²) >= 11 is 0. The minimum absolute atomic E-state index is 0.0868. The predicted molar refractivity (Wildman–Crippen MR) is 117 cm³/mol. The molecule has 31 heavy (non-hydrogen) atoms. The molecule has 3 aromatic heterocycles. The van der Waals surface area contributed by atoms with Crippen molar-refractivity contribution in [1.82, 2.24) is 29.5 Å². The third kappa shape index (κ3) is 3.43. The molecule has 1 aliphatic carbocycles. The van der Waals surface area contributed by atoms with Crippen molar-refractivity contribution in [2.24, 2.45) is 0 Å². The minimum atomic E-state index is 0.0868. The number of amides is 1. The molecule has 8 nitrogen and oxygen atoms in total. The number of benzene rings is 1. The maximum absolute atomic E-state index is 12.8. The molecular weight excluding hydrogens is 390 g/mol. The molecule has 1 saturated carbocycles. The van der Waals surface area contributed by atoms with Crippen molar-refractivity contribution in [2.45, 2.75) is 31.6 Å². The number of likely N-dealkylation sites (tertiary alicyclic amines) is 1. The second-order valence-corrected chi connectivity index (χ2v) is 8.31. The Kier molecular flexibility index (Phi) is 4.22. The van der Waals surface area contributed by atoms with Gasteiger partial charge in [-0.3, -0.25) is 14.3 Å². The number of nitrogens with one attached hydrogen (secondary N) is 2. The van der Waals surface area contributed by atoms with Gasteiger partial charge < -0.3 is 10.2 Å². The van der Waals surface area contributed by atoms with Crippen LogP contribution in [0.3, 0.4) is 0 Å². The maximum Gasteiger partial charge on any atom is 0.253 e. The first-order valence-corrected chi connectivity index (χ1v) is 10.8. The van der Waals surface area contributed by atoms with Crippen LogP contribution < -0.4 is 5.32 Å². The van der Waals surface area contributed by atoms with Crippen molar-refractivity contribution in [3.63, 3.8) is 0 Å². The van der Waals surface area contributed by atoms with Crippen molar-refractivity contribution < 1.29 is 4.79 Å². The summed E-state index contributed by atoms with van der Waals surface area (Å²) in [6, 6.07) is 11.7. The van der Waals surface area contributed by atoms with Gasteiger partial charge >= 0.3 is 0 Å². The van der Waals surface area contributed by atoms with Crippen LogP contribution in [0.4, 0.5) is 11.8 Å². The van der Waals surface area contributed by atoms with E-state index < -0.39 is 0 Å². The topological polar surface area (TPSA) is 91.2 Å². The molecule has 1 aromatic carbocycles. The zero-order valence-corrected chi connectivity index (χ0v) is 17.1. The zero-order chi connectivity index (χ0) is 20.8. The molecule has 156 valence electrons. The number of hydrogen-bond acceptors (Lipinski definition) is 5. The van der Waals surface area contributed by atoms with E-state index in [1.54, 1.807) is 6.20 Å². The van der Waals surface area contributed by atoms with Crippen LogP contribution in [0.25, 0.3) is 16.9 Å². The quantitative estimate of drug-likeness (QED) is 0.516. The summed E-state index contributed by atoms with van der Waals surface area (Å²) in [5, 5.41) is 10.8. The van der Waals surface area contributed by atoms with E-state index in [0.29, 0.717) is 17.4 Å². The minimum Gasteiger partial charge on any atom is -0.339 e. The average Bonchev–Trinajstić information content (AvgIpc) is 3.19. The molecule has 0 bridgehead atoms. The highest BCUT2D eigenvalue weighted by molar-refractivity contribution is 5.95. The molecule has 2 aliphatic rings. The van der Waals surface area contributed by atoms with Gasteiger partial charge in [0.05, 0.1) is 5.69 Å². The fourth-order valence-electron chi connectivity index (χ4n) is 4.19. The van der Waals surface area contributed by atoms with Crippen molar-refractivity contribution in [2.75, 3.05) is 18.4 Å². The molecule has 4 heterocycles. The van der Waals surface area contributed by atoms with E-state index in [1.165, 1.54) is 12.8 Å². The van der Waals surface area contributed by atoms with Crippen LogP contribution in [0.5, 0.6) is 0 Å². The lowest BCUT2D eigenvalue weighted by molar-refractivity contribution is 0.0793. The molecule has 6 rings (SSSR count). The molecule has 2 fully saturated rings. The van der Waals surface area contributed by atoms with E-state index in [9.17, 15) is 4.79 Å². The number of H-pyrrole nitrogens is 1. The van der Waals surface area contributed by atoms with E-state index in [1.807, 2.05) is 51.9 Å². The number of rotatable bonds is 5. The maximum atomic E-state index is 12.8. The van der Waals surface area contributed by atoms with Crippen LogP contribution in [-0.4, -0.2) is 48.5 Å². The fourth-order valence-corrected chi connectivity index (χ4v) is 4.19. The van der Waals surface area contributed by atoms with E-state index in [-0.39, 0.29) is 5.91 Å². The molecule has 0 atom stereocenters. The van der Waals surface area contributed by atoms with Crippen LogP contribution >= 0.6 is 0 Å². The van der Waals surface area contributed by atoms with Crippen molar-refractivity contribution in [3.05, 3.63) is 60.0 Å². The lowest BCUT2D eigenvalue weighted by atomic mass is 10.1. The predicted octanol–water partition coefficient (Wildman–Crippen LogP) is 3.98. The molecule has 1 amide bonds. The highest BCUT2D eigenvalue weighted by Gasteiger charge is 2.25. The monoisotopic (exact) mass is 413 g/mol.